The van der Waals surface area contributed by atoms with Crippen LogP contribution in [0.25, 0.3) is 4.85 Å². The second-order valence-corrected chi connectivity index (χ2v) is 4.31. The van der Waals surface area contributed by atoms with E-state index in [0.29, 0.717) is 25.0 Å². The number of carbonyl (C=O) groups is 1. The fraction of sp³-hybridized carbons (Fsp3) is 0.615. The molecule has 0 N–H and O–H groups in total. The molecule has 0 spiro atoms. The van der Waals surface area contributed by atoms with E-state index in [4.69, 9.17) is 16.6 Å². The molecule has 17 heavy (non-hydrogen) atoms. The van der Waals surface area contributed by atoms with Gasteiger partial charge in [0.2, 0.25) is 0 Å². The fourth-order valence-electron chi connectivity index (χ4n) is 2.26. The summed E-state index contributed by atoms with van der Waals surface area (Å²) in [5.74, 6) is -0.314. The maximum absolute atomic E-state index is 12.0. The predicted molar refractivity (Wildman–Crippen MR) is 62.4 cm³/mol. The molecule has 1 unspecified atom stereocenters. The Kier molecular flexibility index (Phi) is 4.29. The zero-order valence-corrected chi connectivity index (χ0v) is 10.2. The Morgan fingerprint density at radius 1 is 1.65 bits per heavy atom. The zero-order valence-electron chi connectivity index (χ0n) is 10.2. The van der Waals surface area contributed by atoms with Crippen LogP contribution >= 0.6 is 0 Å². The molecule has 1 fully saturated rings. The Morgan fingerprint density at radius 2 is 2.35 bits per heavy atom. The molecule has 4 nitrogen and oxygen atoms in total. The molecule has 4 heteroatoms. The maximum Gasteiger partial charge on any atom is 0.314 e. The SMILES string of the molecule is [C-]#[N+]/C(C#N)=C1\CCCCC1(C)C(=O)OCC. The molecule has 0 saturated heterocycles. The standard InChI is InChI=1S/C13H16N2O2/c1-4-17-12(16)13(2)8-6-5-7-10(13)11(9-14)15-3/h4-8H2,1-2H3/b11-10+. The molecule has 1 aliphatic carbocycles. The van der Waals surface area contributed by atoms with Gasteiger partial charge in [-0.2, -0.15) is 0 Å². The molecule has 0 heterocycles. The highest BCUT2D eigenvalue weighted by atomic mass is 16.5. The number of hydrogen-bond donors (Lipinski definition) is 0. The van der Waals surface area contributed by atoms with Crippen LogP contribution < -0.4 is 0 Å². The lowest BCUT2D eigenvalue weighted by Gasteiger charge is -2.34. The number of allylic oxidation sites excluding steroid dienone is 1. The number of ether oxygens (including phenoxy) is 1. The molecular weight excluding hydrogens is 216 g/mol. The van der Waals surface area contributed by atoms with Crippen molar-refractivity contribution >= 4 is 5.97 Å². The lowest BCUT2D eigenvalue weighted by molar-refractivity contribution is -0.153. The largest absolute Gasteiger partial charge is 0.465 e. The lowest BCUT2D eigenvalue weighted by atomic mass is 9.71. The van der Waals surface area contributed by atoms with E-state index in [9.17, 15) is 4.79 Å². The normalized spacial score (nSPS) is 26.6. The Morgan fingerprint density at radius 3 is 2.88 bits per heavy atom. The minimum atomic E-state index is -0.788. The highest BCUT2D eigenvalue weighted by Crippen LogP contribution is 2.43. The van der Waals surface area contributed by atoms with Crippen molar-refractivity contribution < 1.29 is 9.53 Å². The molecule has 1 saturated carbocycles. The summed E-state index contributed by atoms with van der Waals surface area (Å²) in [6.07, 6.45) is 3.14. The minimum Gasteiger partial charge on any atom is -0.465 e. The summed E-state index contributed by atoms with van der Waals surface area (Å²) < 4.78 is 5.07. The quantitative estimate of drug-likeness (QED) is 0.418. The van der Waals surface area contributed by atoms with E-state index in [1.54, 1.807) is 13.8 Å². The number of carbonyl (C=O) groups excluding carboxylic acids is 1. The van der Waals surface area contributed by atoms with E-state index in [-0.39, 0.29) is 11.7 Å². The molecule has 1 rings (SSSR count). The van der Waals surface area contributed by atoms with Crippen molar-refractivity contribution in [1.29, 1.82) is 5.26 Å². The first kappa shape index (κ1) is 13.3. The third kappa shape index (κ3) is 2.47. The van der Waals surface area contributed by atoms with Gasteiger partial charge >= 0.3 is 5.97 Å². The van der Waals surface area contributed by atoms with Crippen LogP contribution in [0.3, 0.4) is 0 Å². The van der Waals surface area contributed by atoms with Gasteiger partial charge in [0.1, 0.15) is 0 Å². The number of esters is 1. The molecule has 0 aromatic carbocycles. The van der Waals surface area contributed by atoms with Gasteiger partial charge in [0, 0.05) is 0 Å². The van der Waals surface area contributed by atoms with Crippen molar-refractivity contribution in [1.82, 2.24) is 0 Å². The first-order valence-corrected chi connectivity index (χ1v) is 5.78. The number of nitrogens with zero attached hydrogens (tertiary/aromatic N) is 2. The third-order valence-corrected chi connectivity index (χ3v) is 3.25. The Bertz CT molecular complexity index is 410. The van der Waals surface area contributed by atoms with Gasteiger partial charge in [-0.15, -0.1) is 0 Å². The van der Waals surface area contributed by atoms with Crippen molar-refractivity contribution in [3.8, 4) is 6.07 Å². The van der Waals surface area contributed by atoms with Gasteiger partial charge in [0.05, 0.1) is 24.7 Å². The van der Waals surface area contributed by atoms with Gasteiger partial charge in [-0.3, -0.25) is 4.79 Å². The maximum atomic E-state index is 12.0. The van der Waals surface area contributed by atoms with Crippen molar-refractivity contribution in [3.63, 3.8) is 0 Å². The molecule has 90 valence electrons. The fourth-order valence-corrected chi connectivity index (χ4v) is 2.26. The summed E-state index contributed by atoms with van der Waals surface area (Å²) in [5.41, 5.74) is -0.0795. The van der Waals surface area contributed by atoms with Crippen LogP contribution in [-0.2, 0) is 9.53 Å². The Labute approximate surface area is 102 Å². The summed E-state index contributed by atoms with van der Waals surface area (Å²) in [6, 6.07) is 1.89. The Balaban J connectivity index is 3.19. The minimum absolute atomic E-state index is 0.0558. The van der Waals surface area contributed by atoms with Gasteiger partial charge in [-0.25, -0.2) is 10.1 Å². The van der Waals surface area contributed by atoms with Crippen LogP contribution in [0, 0.1) is 23.3 Å². The molecular formula is C13H16N2O2. The summed E-state index contributed by atoms with van der Waals surface area (Å²) in [6.45, 7) is 10.9. The van der Waals surface area contributed by atoms with Crippen molar-refractivity contribution in [2.75, 3.05) is 6.61 Å². The summed E-state index contributed by atoms with van der Waals surface area (Å²) in [4.78, 5) is 15.2. The molecule has 0 bridgehead atoms. The van der Waals surface area contributed by atoms with E-state index in [2.05, 4.69) is 4.85 Å². The van der Waals surface area contributed by atoms with E-state index in [1.165, 1.54) is 0 Å². The van der Waals surface area contributed by atoms with Crippen LogP contribution in [0.2, 0.25) is 0 Å². The van der Waals surface area contributed by atoms with Gasteiger partial charge in [-0.05, 0) is 32.3 Å². The van der Waals surface area contributed by atoms with Crippen LogP contribution in [0.4, 0.5) is 0 Å². The monoisotopic (exact) mass is 232 g/mol. The van der Waals surface area contributed by atoms with Crippen molar-refractivity contribution in [2.45, 2.75) is 39.5 Å². The van der Waals surface area contributed by atoms with Gasteiger partial charge in [0.15, 0.2) is 0 Å². The summed E-state index contributed by atoms with van der Waals surface area (Å²) in [5, 5.41) is 8.95. The van der Waals surface area contributed by atoms with E-state index < -0.39 is 5.41 Å². The lowest BCUT2D eigenvalue weighted by Crippen LogP contribution is -2.35. The second-order valence-electron chi connectivity index (χ2n) is 4.31. The number of hydrogen-bond acceptors (Lipinski definition) is 3. The summed E-state index contributed by atoms with van der Waals surface area (Å²) >= 11 is 0. The van der Waals surface area contributed by atoms with Gasteiger partial charge in [0.25, 0.3) is 5.70 Å². The highest BCUT2D eigenvalue weighted by Gasteiger charge is 2.41. The topological polar surface area (TPSA) is 54.5 Å². The van der Waals surface area contributed by atoms with Crippen LogP contribution in [0.5, 0.6) is 0 Å². The van der Waals surface area contributed by atoms with Crippen LogP contribution in [0.1, 0.15) is 39.5 Å². The molecule has 0 aromatic heterocycles. The Hall–Kier alpha value is -1.81. The average molecular weight is 232 g/mol. The number of rotatable bonds is 2. The molecule has 0 aromatic rings. The zero-order chi connectivity index (χ0) is 12.9. The molecule has 0 amide bonds. The first-order valence-electron chi connectivity index (χ1n) is 5.78. The average Bonchev–Trinajstić information content (AvgIpc) is 2.33. The van der Waals surface area contributed by atoms with Gasteiger partial charge < -0.3 is 4.74 Å². The van der Waals surface area contributed by atoms with E-state index >= 15 is 0 Å². The molecule has 1 atom stereocenters. The summed E-state index contributed by atoms with van der Waals surface area (Å²) in [7, 11) is 0. The second kappa shape index (κ2) is 5.50. The number of nitriles is 1. The van der Waals surface area contributed by atoms with Crippen molar-refractivity contribution in [2.24, 2.45) is 5.41 Å². The molecule has 1 aliphatic rings. The van der Waals surface area contributed by atoms with E-state index in [1.807, 2.05) is 6.07 Å². The van der Waals surface area contributed by atoms with Crippen molar-refractivity contribution in [3.05, 3.63) is 22.7 Å². The van der Waals surface area contributed by atoms with Crippen LogP contribution in [-0.4, -0.2) is 12.6 Å². The third-order valence-electron chi connectivity index (χ3n) is 3.25. The molecule has 0 aliphatic heterocycles. The first-order chi connectivity index (χ1) is 8.10. The van der Waals surface area contributed by atoms with E-state index in [0.717, 1.165) is 12.8 Å². The van der Waals surface area contributed by atoms with Crippen LogP contribution in [0.15, 0.2) is 11.3 Å². The predicted octanol–water partition coefficient (Wildman–Crippen LogP) is 2.83. The smallest absolute Gasteiger partial charge is 0.314 e. The highest BCUT2D eigenvalue weighted by molar-refractivity contribution is 5.81. The van der Waals surface area contributed by atoms with Gasteiger partial charge in [-0.1, -0.05) is 12.8 Å². The molecule has 0 radical (unpaired) electrons.